The maximum absolute atomic E-state index is 14.9. The van der Waals surface area contributed by atoms with E-state index in [4.69, 9.17) is 9.47 Å². The molecule has 8 nitrogen and oxygen atoms in total. The average molecular weight is 475 g/mol. The van der Waals surface area contributed by atoms with Crippen LogP contribution in [0.3, 0.4) is 0 Å². The second kappa shape index (κ2) is 11.0. The molecule has 2 heterocycles. The molecule has 2 aliphatic rings. The molecule has 0 bridgehead atoms. The number of benzene rings is 2. The number of hydrogen-bond acceptors (Lipinski definition) is 5. The molecule has 3 amide bonds. The van der Waals surface area contributed by atoms with Crippen molar-refractivity contribution in [3.8, 4) is 11.1 Å². The Morgan fingerprint density at radius 2 is 1.76 bits per heavy atom. The van der Waals surface area contributed by atoms with Gasteiger partial charge in [0.05, 0.1) is 32.5 Å². The number of carbonyl (C=O) groups excluding carboxylic acids is 3. The van der Waals surface area contributed by atoms with Gasteiger partial charge in [0.15, 0.2) is 0 Å². The van der Waals surface area contributed by atoms with Crippen molar-refractivity contribution < 1.29 is 32.6 Å². The Morgan fingerprint density at radius 3 is 2.35 bits per heavy atom. The summed E-state index contributed by atoms with van der Waals surface area (Å²) >= 11 is 0. The summed E-state index contributed by atoms with van der Waals surface area (Å²) < 4.78 is 34.7. The first-order valence-electron chi connectivity index (χ1n) is 10.7. The topological polar surface area (TPSA) is 88.2 Å². The Morgan fingerprint density at radius 1 is 1.06 bits per heavy atom. The van der Waals surface area contributed by atoms with E-state index in [-0.39, 0.29) is 31.2 Å². The van der Waals surface area contributed by atoms with Crippen LogP contribution in [-0.4, -0.2) is 62.0 Å². The molecule has 1 N–H and O–H groups in total. The fourth-order valence-corrected chi connectivity index (χ4v) is 3.81. The van der Waals surface area contributed by atoms with Crippen molar-refractivity contribution in [2.24, 2.45) is 0 Å². The number of amides is 3. The highest BCUT2D eigenvalue weighted by atomic mass is 19.1. The number of ether oxygens (including phenoxy) is 2. The lowest BCUT2D eigenvalue weighted by molar-refractivity contribution is -0.119. The molecule has 10 heteroatoms. The fraction of sp³-hybridized carbons (Fsp3) is 0.375. The third-order valence-electron chi connectivity index (χ3n) is 5.39. The van der Waals surface area contributed by atoms with Crippen LogP contribution in [0, 0.1) is 5.82 Å². The summed E-state index contributed by atoms with van der Waals surface area (Å²) in [4.78, 5) is 37.9. The van der Waals surface area contributed by atoms with Crippen LogP contribution in [0.1, 0.15) is 19.4 Å². The van der Waals surface area contributed by atoms with E-state index in [0.29, 0.717) is 37.1 Å². The minimum atomic E-state index is -0.577. The fourth-order valence-electron chi connectivity index (χ4n) is 3.81. The summed E-state index contributed by atoms with van der Waals surface area (Å²) in [6.07, 6.45) is -1.52. The number of rotatable bonds is 6. The van der Waals surface area contributed by atoms with Crippen molar-refractivity contribution in [2.75, 3.05) is 31.7 Å². The summed E-state index contributed by atoms with van der Waals surface area (Å²) in [7, 11) is 0.500. The molecule has 2 fully saturated rings. The molecular weight excluding hydrogens is 448 g/mol. The molecule has 1 unspecified atom stereocenters. The van der Waals surface area contributed by atoms with Crippen molar-refractivity contribution >= 4 is 23.8 Å². The summed E-state index contributed by atoms with van der Waals surface area (Å²) in [6.45, 7) is 4.64. The van der Waals surface area contributed by atoms with Gasteiger partial charge in [-0.3, -0.25) is 14.1 Å². The highest BCUT2D eigenvalue weighted by Gasteiger charge is 2.33. The number of nitrogens with zero attached hydrogens (tertiary/aromatic N) is 2. The number of nitrogens with one attached hydrogen (secondary N) is 1. The first kappa shape index (κ1) is 24.9. The smallest absolute Gasteiger partial charge is 0.414 e. The van der Waals surface area contributed by atoms with Crippen LogP contribution in [-0.2, 0) is 20.8 Å². The number of halogens is 2. The van der Waals surface area contributed by atoms with Gasteiger partial charge in [-0.05, 0) is 36.2 Å². The van der Waals surface area contributed by atoms with Gasteiger partial charge in [-0.2, -0.15) is 0 Å². The lowest BCUT2D eigenvalue weighted by Crippen LogP contribution is -2.33. The first-order chi connectivity index (χ1) is 16.3. The van der Waals surface area contributed by atoms with Crippen molar-refractivity contribution in [1.29, 1.82) is 0 Å². The zero-order valence-corrected chi connectivity index (χ0v) is 19.2. The normalized spacial score (nSPS) is 19.3. The average Bonchev–Trinajstić information content (AvgIpc) is 3.34. The van der Waals surface area contributed by atoms with Crippen LogP contribution < -0.4 is 10.2 Å². The van der Waals surface area contributed by atoms with Crippen LogP contribution >= 0.6 is 0 Å². The molecule has 4 rings (SSSR count). The largest absolute Gasteiger partial charge is 0.444 e. The molecule has 0 spiro atoms. The highest BCUT2D eigenvalue weighted by molar-refractivity contribution is 5.90. The lowest BCUT2D eigenvalue weighted by atomic mass is 10.0. The van der Waals surface area contributed by atoms with Gasteiger partial charge in [-0.25, -0.2) is 14.0 Å². The van der Waals surface area contributed by atoms with Gasteiger partial charge >= 0.3 is 12.2 Å². The van der Waals surface area contributed by atoms with E-state index in [2.05, 4.69) is 5.32 Å². The quantitative estimate of drug-likeness (QED) is 0.685. The number of anilines is 1. The number of alkyl halides is 1. The Kier molecular flexibility index (Phi) is 8.04. The van der Waals surface area contributed by atoms with Gasteiger partial charge in [0.1, 0.15) is 18.0 Å². The van der Waals surface area contributed by atoms with E-state index in [0.717, 1.165) is 5.56 Å². The first-order valence-corrected chi connectivity index (χ1v) is 10.7. The summed E-state index contributed by atoms with van der Waals surface area (Å²) in [6, 6.07) is 11.9. The monoisotopic (exact) mass is 475 g/mol. The van der Waals surface area contributed by atoms with E-state index < -0.39 is 18.0 Å². The Hall–Kier alpha value is -3.69. The van der Waals surface area contributed by atoms with Crippen molar-refractivity contribution in [3.05, 3.63) is 53.8 Å². The van der Waals surface area contributed by atoms with Crippen LogP contribution in [0.25, 0.3) is 11.1 Å². The standard InChI is InChI=1S/C23H24FN3O5.CH3F/c1-14-11-26(22(29)31-14)12-16-3-5-17(6-4-16)20-8-7-18(9-21(20)24)27-13-19(32-23(27)30)10-25-15(2)28;1-2/h3-9,14,19H,10-13H2,1-2H3,(H,25,28);1H3/t14?,19-;/m0./s1. The van der Waals surface area contributed by atoms with Gasteiger partial charge in [0.2, 0.25) is 5.91 Å². The molecule has 0 saturated carbocycles. The third-order valence-corrected chi connectivity index (χ3v) is 5.39. The van der Waals surface area contributed by atoms with Crippen LogP contribution in [0.15, 0.2) is 42.5 Å². The van der Waals surface area contributed by atoms with E-state index in [1.54, 1.807) is 29.2 Å². The van der Waals surface area contributed by atoms with Crippen LogP contribution in [0.5, 0.6) is 0 Å². The molecule has 182 valence electrons. The molecular formula is C24H27F2N3O5. The third kappa shape index (κ3) is 5.81. The maximum Gasteiger partial charge on any atom is 0.414 e. The minimum absolute atomic E-state index is 0.122. The predicted molar refractivity (Wildman–Crippen MR) is 122 cm³/mol. The highest BCUT2D eigenvalue weighted by Crippen LogP contribution is 2.29. The summed E-state index contributed by atoms with van der Waals surface area (Å²) in [5.74, 6) is -0.679. The predicted octanol–water partition coefficient (Wildman–Crippen LogP) is 3.88. The number of carbonyl (C=O) groups is 3. The van der Waals surface area contributed by atoms with Gasteiger partial charge in [0, 0.05) is 19.0 Å². The second-order valence-electron chi connectivity index (χ2n) is 7.99. The SMILES string of the molecule is CC(=O)NC[C@H]1CN(c2ccc(-c3ccc(CN4CC(C)OC4=O)cc3)c(F)c2)C(=O)O1.CF. The zero-order valence-electron chi connectivity index (χ0n) is 19.2. The molecule has 0 aliphatic carbocycles. The van der Waals surface area contributed by atoms with Crippen LogP contribution in [0.2, 0.25) is 0 Å². The Balaban J connectivity index is 0.00000158. The van der Waals surface area contributed by atoms with Crippen molar-refractivity contribution in [2.45, 2.75) is 32.6 Å². The lowest BCUT2D eigenvalue weighted by Gasteiger charge is -2.15. The van der Waals surface area contributed by atoms with E-state index in [9.17, 15) is 23.2 Å². The second-order valence-corrected chi connectivity index (χ2v) is 7.99. The van der Waals surface area contributed by atoms with E-state index >= 15 is 0 Å². The van der Waals surface area contributed by atoms with Gasteiger partial charge in [-0.15, -0.1) is 0 Å². The molecule has 2 aromatic rings. The molecule has 34 heavy (non-hydrogen) atoms. The van der Waals surface area contributed by atoms with Crippen molar-refractivity contribution in [1.82, 2.24) is 10.2 Å². The summed E-state index contributed by atoms with van der Waals surface area (Å²) in [5.41, 5.74) is 2.39. The zero-order chi connectivity index (χ0) is 24.8. The maximum atomic E-state index is 14.9. The number of cyclic esters (lactones) is 2. The van der Waals surface area contributed by atoms with Crippen molar-refractivity contribution in [3.63, 3.8) is 0 Å². The molecule has 2 atom stereocenters. The summed E-state index contributed by atoms with van der Waals surface area (Å²) in [5, 5.41) is 2.61. The molecule has 2 aliphatic heterocycles. The molecule has 0 aromatic heterocycles. The van der Waals surface area contributed by atoms with Gasteiger partial charge in [0.25, 0.3) is 0 Å². The molecule has 0 radical (unpaired) electrons. The van der Waals surface area contributed by atoms with Crippen LogP contribution in [0.4, 0.5) is 24.1 Å². The Labute approximate surface area is 196 Å². The van der Waals surface area contributed by atoms with Gasteiger partial charge in [-0.1, -0.05) is 24.3 Å². The molecule has 2 saturated heterocycles. The van der Waals surface area contributed by atoms with E-state index in [1.807, 2.05) is 19.1 Å². The molecule has 2 aromatic carbocycles. The van der Waals surface area contributed by atoms with Gasteiger partial charge < -0.3 is 19.7 Å². The Bertz CT molecular complexity index is 1050. The number of hydrogen-bond donors (Lipinski definition) is 1. The van der Waals surface area contributed by atoms with E-state index in [1.165, 1.54) is 17.9 Å². The minimum Gasteiger partial charge on any atom is -0.444 e.